The van der Waals surface area contributed by atoms with Crippen molar-refractivity contribution in [2.75, 3.05) is 11.6 Å². The van der Waals surface area contributed by atoms with Gasteiger partial charge in [0.1, 0.15) is 0 Å². The lowest BCUT2D eigenvalue weighted by Crippen LogP contribution is -2.43. The van der Waals surface area contributed by atoms with E-state index in [-0.39, 0.29) is 17.0 Å². The Morgan fingerprint density at radius 1 is 0.867 bits per heavy atom. The third-order valence-electron chi connectivity index (χ3n) is 4.63. The average molecular weight is 429 g/mol. The van der Waals surface area contributed by atoms with Gasteiger partial charge >= 0.3 is 0 Å². The first-order valence-electron chi connectivity index (χ1n) is 9.30. The lowest BCUT2D eigenvalue weighted by atomic mass is 10.1. The molecule has 0 heterocycles. The maximum atomic E-state index is 13.8. The highest BCUT2D eigenvalue weighted by Crippen LogP contribution is 2.26. The Morgan fingerprint density at radius 2 is 1.47 bits per heavy atom. The van der Waals surface area contributed by atoms with E-state index >= 15 is 0 Å². The number of rotatable bonds is 7. The van der Waals surface area contributed by atoms with Gasteiger partial charge in [0.2, 0.25) is 0 Å². The normalized spacial score (nSPS) is 11.2. The first-order chi connectivity index (χ1) is 14.3. The van der Waals surface area contributed by atoms with Gasteiger partial charge in [-0.05, 0) is 43.2 Å². The van der Waals surface area contributed by atoms with E-state index in [1.54, 1.807) is 73.7 Å². The van der Waals surface area contributed by atoms with Crippen molar-refractivity contribution < 1.29 is 17.2 Å². The van der Waals surface area contributed by atoms with Crippen molar-refractivity contribution in [2.45, 2.75) is 18.7 Å². The summed E-state index contributed by atoms with van der Waals surface area (Å²) in [4.78, 5) is 2.53. The molecule has 3 aromatic carbocycles. The number of hydrogen-bond acceptors (Lipinski definition) is 3. The molecule has 7 heteroatoms. The van der Waals surface area contributed by atoms with Crippen LogP contribution in [0.4, 0.5) is 14.5 Å². The molecular weight excluding hydrogens is 406 g/mol. The molecule has 0 saturated carbocycles. The molecule has 4 nitrogen and oxygen atoms in total. The number of hydrazine groups is 1. The predicted octanol–water partition coefficient (Wildman–Crippen LogP) is 5.31. The molecule has 0 aromatic heterocycles. The topological polar surface area (TPSA) is 49.4 Å². The quantitative estimate of drug-likeness (QED) is 0.519. The Hall–Kier alpha value is -3.03. The number of nitrogens with one attached hydrogen (secondary N) is 1. The molecule has 0 aliphatic heterocycles. The van der Waals surface area contributed by atoms with E-state index < -0.39 is 16.1 Å². The Labute approximate surface area is 175 Å². The zero-order valence-corrected chi connectivity index (χ0v) is 17.5. The lowest BCUT2D eigenvalue weighted by molar-refractivity contribution is 0.423. The third-order valence-corrected chi connectivity index (χ3v) is 5.99. The number of halogens is 2. The molecule has 0 fully saturated rings. The molecule has 3 aromatic rings. The summed E-state index contributed by atoms with van der Waals surface area (Å²) >= 11 is 0. The van der Waals surface area contributed by atoms with Crippen molar-refractivity contribution in [1.29, 1.82) is 0 Å². The molecule has 1 N–H and O–H groups in total. The number of aryl methyl sites for hydroxylation is 2. The van der Waals surface area contributed by atoms with Gasteiger partial charge in [0.25, 0.3) is 16.1 Å². The summed E-state index contributed by atoms with van der Waals surface area (Å²) in [7, 11) is -3.99. The molecule has 156 valence electrons. The second kappa shape index (κ2) is 9.19. The molecule has 3 rings (SSSR count). The fourth-order valence-electron chi connectivity index (χ4n) is 3.01. The molecule has 0 amide bonds. The van der Waals surface area contributed by atoms with E-state index in [4.69, 9.17) is 0 Å². The monoisotopic (exact) mass is 428 g/mol. The summed E-state index contributed by atoms with van der Waals surface area (Å²) in [6.07, 6.45) is -1.87. The second-order valence-electron chi connectivity index (χ2n) is 6.89. The summed E-state index contributed by atoms with van der Waals surface area (Å²) in [6, 6.07) is 21.5. The van der Waals surface area contributed by atoms with Gasteiger partial charge in [-0.15, -0.1) is 4.83 Å². The first-order valence-corrected chi connectivity index (χ1v) is 10.8. The van der Waals surface area contributed by atoms with Crippen molar-refractivity contribution in [3.8, 4) is 0 Å². The van der Waals surface area contributed by atoms with Crippen LogP contribution in [-0.2, 0) is 10.0 Å². The summed E-state index contributed by atoms with van der Waals surface area (Å²) in [5, 5.41) is 1.24. The number of sulfonamides is 1. The minimum Gasteiger partial charge on any atom is -0.290 e. The van der Waals surface area contributed by atoms with Gasteiger partial charge in [-0.3, -0.25) is 5.01 Å². The summed E-state index contributed by atoms with van der Waals surface area (Å²) in [6.45, 7) is 3.30. The standard InChI is InChI=1S/C23H22F2N2O2S/c1-17-12-14-20(15-13-17)30(28,29)26-27(22-11-7-6-8-18(22)2)16-21(23(24)25)19-9-4-3-5-10-19/h3-15,26H,16H2,1-2H3. The maximum absolute atomic E-state index is 13.8. The predicted molar refractivity (Wildman–Crippen MR) is 116 cm³/mol. The fourth-order valence-corrected chi connectivity index (χ4v) is 4.06. The van der Waals surface area contributed by atoms with Gasteiger partial charge in [-0.2, -0.15) is 8.78 Å². The smallest absolute Gasteiger partial charge is 0.275 e. The molecule has 30 heavy (non-hydrogen) atoms. The van der Waals surface area contributed by atoms with Gasteiger partial charge < -0.3 is 0 Å². The highest BCUT2D eigenvalue weighted by Gasteiger charge is 2.23. The number of hydrogen-bond donors (Lipinski definition) is 1. The van der Waals surface area contributed by atoms with Crippen LogP contribution in [0.25, 0.3) is 5.57 Å². The SMILES string of the molecule is Cc1ccc(S(=O)(=O)NN(CC(=C(F)F)c2ccccc2)c2ccccc2C)cc1. The van der Waals surface area contributed by atoms with E-state index in [0.29, 0.717) is 11.3 Å². The molecule has 0 aliphatic carbocycles. The highest BCUT2D eigenvalue weighted by atomic mass is 32.2. The van der Waals surface area contributed by atoms with Crippen LogP contribution in [-0.4, -0.2) is 15.0 Å². The van der Waals surface area contributed by atoms with Gasteiger partial charge in [-0.1, -0.05) is 66.2 Å². The van der Waals surface area contributed by atoms with Crippen LogP contribution < -0.4 is 9.84 Å². The zero-order chi connectivity index (χ0) is 21.7. The molecular formula is C23H22F2N2O2S. The Balaban J connectivity index is 2.02. The van der Waals surface area contributed by atoms with Crippen molar-refractivity contribution in [2.24, 2.45) is 0 Å². The minimum absolute atomic E-state index is 0.0534. The van der Waals surface area contributed by atoms with Gasteiger partial charge in [-0.25, -0.2) is 8.42 Å². The minimum atomic E-state index is -3.99. The van der Waals surface area contributed by atoms with Crippen molar-refractivity contribution in [1.82, 2.24) is 4.83 Å². The van der Waals surface area contributed by atoms with Gasteiger partial charge in [0, 0.05) is 5.57 Å². The van der Waals surface area contributed by atoms with Crippen LogP contribution in [0.2, 0.25) is 0 Å². The van der Waals surface area contributed by atoms with Crippen molar-refractivity contribution >= 4 is 21.3 Å². The Kier molecular flexibility index (Phi) is 6.64. The van der Waals surface area contributed by atoms with E-state index in [1.165, 1.54) is 17.1 Å². The van der Waals surface area contributed by atoms with Crippen LogP contribution in [0.15, 0.2) is 89.8 Å². The molecule has 0 atom stereocenters. The second-order valence-corrected chi connectivity index (χ2v) is 8.55. The van der Waals surface area contributed by atoms with Crippen molar-refractivity contribution in [3.63, 3.8) is 0 Å². The number of para-hydroxylation sites is 1. The summed E-state index contributed by atoms with van der Waals surface area (Å²) in [5.74, 6) is 0. The van der Waals surface area contributed by atoms with Crippen LogP contribution in [0.3, 0.4) is 0 Å². The van der Waals surface area contributed by atoms with Crippen LogP contribution in [0.5, 0.6) is 0 Å². The summed E-state index contributed by atoms with van der Waals surface area (Å²) in [5.41, 5.74) is 2.22. The Morgan fingerprint density at radius 3 is 2.07 bits per heavy atom. The Bertz CT molecular complexity index is 1140. The molecule has 0 saturated heterocycles. The van der Waals surface area contributed by atoms with Crippen LogP contribution in [0, 0.1) is 13.8 Å². The van der Waals surface area contributed by atoms with Gasteiger partial charge in [0.15, 0.2) is 0 Å². The third kappa shape index (κ3) is 5.11. The highest BCUT2D eigenvalue weighted by molar-refractivity contribution is 7.89. The molecule has 0 spiro atoms. The maximum Gasteiger partial charge on any atom is 0.275 e. The zero-order valence-electron chi connectivity index (χ0n) is 16.6. The van der Waals surface area contributed by atoms with E-state index in [0.717, 1.165) is 11.1 Å². The molecule has 0 radical (unpaired) electrons. The lowest BCUT2D eigenvalue weighted by Gasteiger charge is -2.27. The molecule has 0 bridgehead atoms. The van der Waals surface area contributed by atoms with E-state index in [1.807, 2.05) is 6.92 Å². The van der Waals surface area contributed by atoms with Crippen LogP contribution >= 0.6 is 0 Å². The number of benzene rings is 3. The van der Waals surface area contributed by atoms with E-state index in [9.17, 15) is 17.2 Å². The number of nitrogens with zero attached hydrogens (tertiary/aromatic N) is 1. The van der Waals surface area contributed by atoms with E-state index in [2.05, 4.69) is 4.83 Å². The van der Waals surface area contributed by atoms with Gasteiger partial charge in [0.05, 0.1) is 17.1 Å². The molecule has 0 aliphatic rings. The molecule has 0 unspecified atom stereocenters. The fraction of sp³-hybridized carbons (Fsp3) is 0.130. The van der Waals surface area contributed by atoms with Crippen molar-refractivity contribution in [3.05, 3.63) is 102 Å². The van der Waals surface area contributed by atoms with Crippen LogP contribution in [0.1, 0.15) is 16.7 Å². The number of anilines is 1. The largest absolute Gasteiger partial charge is 0.290 e. The first kappa shape index (κ1) is 21.7. The summed E-state index contributed by atoms with van der Waals surface area (Å²) < 4.78 is 53.6. The average Bonchev–Trinajstić information content (AvgIpc) is 2.72.